The molecule has 0 bridgehead atoms. The Bertz CT molecular complexity index is 1150. The zero-order valence-electron chi connectivity index (χ0n) is 30.1. The lowest BCUT2D eigenvalue weighted by molar-refractivity contribution is -0.140. The number of likely N-dealkylation sites (N-methyl/N-ethyl adjacent to an activating group) is 1. The Kier molecular flexibility index (Phi) is 22.1. The molecule has 1 aromatic carbocycles. The zero-order chi connectivity index (χ0) is 36.7. The van der Waals surface area contributed by atoms with Crippen molar-refractivity contribution in [2.75, 3.05) is 26.7 Å². The van der Waals surface area contributed by atoms with Crippen LogP contribution in [-0.2, 0) is 23.9 Å². The van der Waals surface area contributed by atoms with Crippen molar-refractivity contribution < 1.29 is 38.6 Å². The number of benzene rings is 1. The molecule has 4 atom stereocenters. The first-order chi connectivity index (χ1) is 22.7. The Labute approximate surface area is 286 Å². The molecule has 1 fully saturated rings. The van der Waals surface area contributed by atoms with Gasteiger partial charge in [-0.25, -0.2) is 4.79 Å². The van der Waals surface area contributed by atoms with Crippen LogP contribution in [0, 0.1) is 18.3 Å². The fourth-order valence-corrected chi connectivity index (χ4v) is 4.76. The number of rotatable bonds is 16. The molecule has 2 rings (SSSR count). The number of carbonyl (C=O) groups excluding carboxylic acids is 5. The minimum absolute atomic E-state index is 0.00268. The Balaban J connectivity index is 0.000000778. The Hall–Kier alpha value is -4.06. The molecule has 4 amide bonds. The summed E-state index contributed by atoms with van der Waals surface area (Å²) >= 11 is 0. The van der Waals surface area contributed by atoms with Crippen LogP contribution in [0.25, 0.3) is 0 Å². The van der Waals surface area contributed by atoms with Crippen molar-refractivity contribution >= 4 is 37.1 Å². The highest BCUT2D eigenvalue weighted by atomic mass is 16.6. The maximum absolute atomic E-state index is 12.6. The van der Waals surface area contributed by atoms with Crippen LogP contribution in [0.2, 0.25) is 0 Å². The summed E-state index contributed by atoms with van der Waals surface area (Å²) in [5.74, 6) is -1.16. The summed E-state index contributed by atoms with van der Waals surface area (Å²) in [5, 5.41) is 14.2. The van der Waals surface area contributed by atoms with Crippen molar-refractivity contribution in [1.29, 1.82) is 0 Å². The van der Waals surface area contributed by atoms with Gasteiger partial charge in [-0.3, -0.25) is 24.1 Å². The number of ether oxygens (including phenoxy) is 1. The number of nitrogens with zero attached hydrogens (tertiary/aromatic N) is 2. The topological polar surface area (TPSA) is 162 Å². The second kappa shape index (κ2) is 24.1. The maximum atomic E-state index is 12.6. The van der Waals surface area contributed by atoms with Gasteiger partial charge < -0.3 is 30.2 Å². The van der Waals surface area contributed by atoms with Crippen molar-refractivity contribution in [3.63, 3.8) is 0 Å². The van der Waals surface area contributed by atoms with Gasteiger partial charge in [-0.1, -0.05) is 77.8 Å². The molecule has 0 radical (unpaired) electrons. The number of unbranched alkanes of at least 4 members (excludes halogenated alkanes) is 3. The van der Waals surface area contributed by atoms with E-state index in [1.807, 2.05) is 52.8 Å². The van der Waals surface area contributed by atoms with Gasteiger partial charge in [0.25, 0.3) is 5.91 Å². The van der Waals surface area contributed by atoms with E-state index in [4.69, 9.17) is 9.84 Å². The molecule has 0 aliphatic carbocycles. The summed E-state index contributed by atoms with van der Waals surface area (Å²) in [6.07, 6.45) is 11.5. The van der Waals surface area contributed by atoms with Crippen LogP contribution >= 0.6 is 0 Å². The monoisotopic (exact) mass is 674 g/mol. The number of aliphatic carboxylic acids is 1. The van der Waals surface area contributed by atoms with E-state index in [1.54, 1.807) is 26.1 Å². The lowest BCUT2D eigenvalue weighted by atomic mass is 9.88. The van der Waals surface area contributed by atoms with Gasteiger partial charge in [-0.15, -0.1) is 0 Å². The second-order valence-corrected chi connectivity index (χ2v) is 12.7. The second-order valence-electron chi connectivity index (χ2n) is 12.7. The van der Waals surface area contributed by atoms with E-state index in [0.717, 1.165) is 49.0 Å². The van der Waals surface area contributed by atoms with Crippen LogP contribution in [0.4, 0.5) is 4.79 Å². The van der Waals surface area contributed by atoms with Gasteiger partial charge in [-0.2, -0.15) is 0 Å². The van der Waals surface area contributed by atoms with Gasteiger partial charge in [0.2, 0.25) is 12.8 Å². The fraction of sp³-hybridized carbons (Fsp3) is 0.611. The van der Waals surface area contributed by atoms with Gasteiger partial charge in [0.15, 0.2) is 0 Å². The number of aldehydes is 1. The minimum atomic E-state index is -0.789. The number of alkyl carbamates (subject to hydrolysis) is 1. The number of hydrogen-bond donors (Lipinski definition) is 3. The summed E-state index contributed by atoms with van der Waals surface area (Å²) in [4.78, 5) is 69.5. The van der Waals surface area contributed by atoms with Gasteiger partial charge in [0.1, 0.15) is 18.4 Å². The third-order valence-corrected chi connectivity index (χ3v) is 7.81. The number of nitrogens with one attached hydrogen (secondary N) is 2. The molecule has 12 nitrogen and oxygen atoms in total. The third-order valence-electron chi connectivity index (χ3n) is 7.81. The van der Waals surface area contributed by atoms with Crippen LogP contribution in [0.3, 0.4) is 0 Å². The SMILES string of the molecule is CCCCC/C=C\C(C)C(NC)C(=O)O.CCNC(=O)OC(CN(C=O)C(=O)c1ccccc1C)C(C)(C)C.O=C[C@@H]1CCCN1C=O. The predicted molar refractivity (Wildman–Crippen MR) is 186 cm³/mol. The van der Waals surface area contributed by atoms with Gasteiger partial charge in [0.05, 0.1) is 12.6 Å². The summed E-state index contributed by atoms with van der Waals surface area (Å²) in [7, 11) is 1.68. The number of carbonyl (C=O) groups is 6. The molecular formula is C36H58N4O8. The zero-order valence-corrected chi connectivity index (χ0v) is 30.1. The van der Waals surface area contributed by atoms with Crippen molar-refractivity contribution in [3.05, 3.63) is 47.5 Å². The van der Waals surface area contributed by atoms with Crippen molar-refractivity contribution in [2.24, 2.45) is 11.3 Å². The molecule has 3 N–H and O–H groups in total. The Morgan fingerprint density at radius 1 is 1.12 bits per heavy atom. The van der Waals surface area contributed by atoms with Crippen LogP contribution in [-0.4, -0.2) is 96.9 Å². The highest BCUT2D eigenvalue weighted by Gasteiger charge is 2.32. The van der Waals surface area contributed by atoms with Crippen LogP contribution in [0.15, 0.2) is 36.4 Å². The number of amides is 4. The molecule has 12 heteroatoms. The molecule has 0 spiro atoms. The van der Waals surface area contributed by atoms with E-state index < -0.39 is 35.5 Å². The lowest BCUT2D eigenvalue weighted by Crippen LogP contribution is -2.46. The van der Waals surface area contributed by atoms with Gasteiger partial charge in [-0.05, 0) is 58.2 Å². The predicted octanol–water partition coefficient (Wildman–Crippen LogP) is 4.99. The van der Waals surface area contributed by atoms with Crippen LogP contribution < -0.4 is 10.6 Å². The molecule has 1 aliphatic heterocycles. The average Bonchev–Trinajstić information content (AvgIpc) is 3.51. The summed E-state index contributed by atoms with van der Waals surface area (Å²) < 4.78 is 5.40. The number of carboxylic acids is 1. The number of hydrogen-bond acceptors (Lipinski definition) is 8. The molecule has 0 aromatic heterocycles. The summed E-state index contributed by atoms with van der Waals surface area (Å²) in [5.41, 5.74) is 0.805. The van der Waals surface area contributed by atoms with E-state index in [9.17, 15) is 28.8 Å². The van der Waals surface area contributed by atoms with E-state index in [2.05, 4.69) is 23.6 Å². The standard InChI is InChI=1S/C18H26N2O4.C12H23NO2.C6H9NO2/c1-6-19-17(23)24-15(18(3,4)5)11-20(12-21)16(22)14-10-8-7-9-13(14)2;1-4-5-6-7-8-9-10(2)11(13-3)12(14)15;8-4-6-2-1-3-7(6)5-9/h7-10,12,15H,6,11H2,1-5H3,(H,19,23);8-11,13H,4-7H2,1-3H3,(H,14,15);4-6H,1-3H2/b;9-8-;/t;;6-/m..0/s1. The van der Waals surface area contributed by atoms with E-state index in [0.29, 0.717) is 18.5 Å². The van der Waals surface area contributed by atoms with Gasteiger partial charge >= 0.3 is 12.1 Å². The van der Waals surface area contributed by atoms with Crippen molar-refractivity contribution in [3.8, 4) is 0 Å². The summed E-state index contributed by atoms with van der Waals surface area (Å²) in [6.45, 7) is 14.5. The van der Waals surface area contributed by atoms with Crippen molar-refractivity contribution in [2.45, 2.75) is 105 Å². The summed E-state index contributed by atoms with van der Waals surface area (Å²) in [6, 6.07) is 6.44. The maximum Gasteiger partial charge on any atom is 0.407 e. The molecule has 1 aromatic rings. The number of aryl methyl sites for hydroxylation is 1. The smallest absolute Gasteiger partial charge is 0.407 e. The molecule has 0 saturated carbocycles. The number of allylic oxidation sites excluding steroid dienone is 1. The first kappa shape index (κ1) is 43.9. The minimum Gasteiger partial charge on any atom is -0.480 e. The third kappa shape index (κ3) is 16.7. The number of carboxylic acid groups (broad SMARTS) is 1. The lowest BCUT2D eigenvalue weighted by Gasteiger charge is -2.32. The Morgan fingerprint density at radius 3 is 2.27 bits per heavy atom. The molecule has 270 valence electrons. The van der Waals surface area contributed by atoms with Crippen molar-refractivity contribution in [1.82, 2.24) is 20.4 Å². The first-order valence-electron chi connectivity index (χ1n) is 16.7. The highest BCUT2D eigenvalue weighted by Crippen LogP contribution is 2.24. The normalized spacial score (nSPS) is 15.8. The molecular weight excluding hydrogens is 616 g/mol. The quantitative estimate of drug-likeness (QED) is 0.125. The van der Waals surface area contributed by atoms with Crippen LogP contribution in [0.5, 0.6) is 0 Å². The first-order valence-corrected chi connectivity index (χ1v) is 16.7. The fourth-order valence-electron chi connectivity index (χ4n) is 4.76. The highest BCUT2D eigenvalue weighted by molar-refractivity contribution is 6.01. The van der Waals surface area contributed by atoms with E-state index in [1.165, 1.54) is 24.2 Å². The largest absolute Gasteiger partial charge is 0.480 e. The number of imide groups is 1. The van der Waals surface area contributed by atoms with E-state index in [-0.39, 0.29) is 18.5 Å². The number of likely N-dealkylation sites (tertiary alicyclic amines) is 1. The van der Waals surface area contributed by atoms with Crippen LogP contribution in [0.1, 0.15) is 96.0 Å². The molecule has 1 saturated heterocycles. The average molecular weight is 675 g/mol. The molecule has 1 heterocycles. The van der Waals surface area contributed by atoms with Gasteiger partial charge in [0, 0.05) is 30.0 Å². The Morgan fingerprint density at radius 2 is 1.79 bits per heavy atom. The van der Waals surface area contributed by atoms with E-state index >= 15 is 0 Å². The molecule has 3 unspecified atom stereocenters. The molecule has 48 heavy (non-hydrogen) atoms. The molecule has 1 aliphatic rings.